The highest BCUT2D eigenvalue weighted by Gasteiger charge is 2.21. The number of aromatic nitrogens is 2. The summed E-state index contributed by atoms with van der Waals surface area (Å²) in [5.74, 6) is 0.504. The maximum absolute atomic E-state index is 13.9. The summed E-state index contributed by atoms with van der Waals surface area (Å²) in [5, 5.41) is 7.13. The van der Waals surface area contributed by atoms with E-state index >= 15 is 0 Å². The zero-order valence-electron chi connectivity index (χ0n) is 10.1. The van der Waals surface area contributed by atoms with Crippen LogP contribution in [0.3, 0.4) is 0 Å². The normalized spacial score (nSPS) is 15.0. The van der Waals surface area contributed by atoms with Crippen LogP contribution in [0, 0.1) is 12.7 Å². The number of nitrogens with zero attached hydrogens (tertiary/aromatic N) is 2. The van der Waals surface area contributed by atoms with E-state index in [1.165, 1.54) is 12.8 Å². The summed E-state index contributed by atoms with van der Waals surface area (Å²) >= 11 is 0. The Morgan fingerprint density at radius 3 is 3.06 bits per heavy atom. The van der Waals surface area contributed by atoms with Gasteiger partial charge in [-0.3, -0.25) is 0 Å². The van der Waals surface area contributed by atoms with Crippen molar-refractivity contribution in [2.24, 2.45) is 0 Å². The molecule has 1 heterocycles. The lowest BCUT2D eigenvalue weighted by Gasteiger charge is -1.99. The first kappa shape index (κ1) is 11.3. The fourth-order valence-corrected chi connectivity index (χ4v) is 1.77. The molecule has 4 nitrogen and oxygen atoms in total. The van der Waals surface area contributed by atoms with Crippen LogP contribution in [0.5, 0.6) is 0 Å². The Balaban J connectivity index is 1.80. The average Bonchev–Trinajstić information content (AvgIpc) is 3.08. The van der Waals surface area contributed by atoms with Crippen molar-refractivity contribution in [2.45, 2.75) is 32.4 Å². The first-order chi connectivity index (χ1) is 8.74. The van der Waals surface area contributed by atoms with E-state index < -0.39 is 0 Å². The van der Waals surface area contributed by atoms with E-state index in [4.69, 9.17) is 4.52 Å². The maximum atomic E-state index is 13.9. The molecule has 1 saturated carbocycles. The van der Waals surface area contributed by atoms with Gasteiger partial charge < -0.3 is 9.84 Å². The van der Waals surface area contributed by atoms with Crippen molar-refractivity contribution in [2.75, 3.05) is 0 Å². The first-order valence-electron chi connectivity index (χ1n) is 6.05. The molecule has 1 aliphatic carbocycles. The van der Waals surface area contributed by atoms with Crippen LogP contribution in [0.1, 0.15) is 24.2 Å². The minimum Gasteiger partial charge on any atom is -0.334 e. The predicted molar refractivity (Wildman–Crippen MR) is 64.3 cm³/mol. The molecule has 1 fully saturated rings. The van der Waals surface area contributed by atoms with Crippen LogP contribution in [0.15, 0.2) is 22.7 Å². The molecule has 0 unspecified atom stereocenters. The topological polar surface area (TPSA) is 51.0 Å². The van der Waals surface area contributed by atoms with E-state index in [9.17, 15) is 4.39 Å². The molecule has 0 aliphatic heterocycles. The standard InChI is InChI=1S/C13H14FN3O/c1-8-3-2-4-10(12(8)14)13-16-11(17-18-13)7-15-9-5-6-9/h2-4,9,15H,5-7H2,1H3. The number of hydrogen-bond donors (Lipinski definition) is 1. The van der Waals surface area contributed by atoms with Gasteiger partial charge >= 0.3 is 0 Å². The van der Waals surface area contributed by atoms with Crippen LogP contribution >= 0.6 is 0 Å². The van der Waals surface area contributed by atoms with Crippen LogP contribution in [-0.2, 0) is 6.54 Å². The third-order valence-corrected chi connectivity index (χ3v) is 3.02. The second-order valence-electron chi connectivity index (χ2n) is 4.61. The molecule has 0 amide bonds. The zero-order valence-corrected chi connectivity index (χ0v) is 10.1. The summed E-state index contributed by atoms with van der Waals surface area (Å²) < 4.78 is 19.0. The molecule has 0 radical (unpaired) electrons. The summed E-state index contributed by atoms with van der Waals surface area (Å²) in [6.45, 7) is 2.28. The van der Waals surface area contributed by atoms with Gasteiger partial charge in [-0.15, -0.1) is 0 Å². The minimum atomic E-state index is -0.303. The Morgan fingerprint density at radius 1 is 1.44 bits per heavy atom. The van der Waals surface area contributed by atoms with Crippen LogP contribution in [-0.4, -0.2) is 16.2 Å². The second-order valence-corrected chi connectivity index (χ2v) is 4.61. The van der Waals surface area contributed by atoms with Gasteiger partial charge in [0.2, 0.25) is 0 Å². The molecular formula is C13H14FN3O. The van der Waals surface area contributed by atoms with Crippen molar-refractivity contribution in [3.05, 3.63) is 35.4 Å². The molecule has 1 aromatic carbocycles. The molecule has 5 heteroatoms. The lowest BCUT2D eigenvalue weighted by molar-refractivity contribution is 0.417. The van der Waals surface area contributed by atoms with Crippen molar-refractivity contribution in [3.63, 3.8) is 0 Å². The molecule has 2 aromatic rings. The van der Waals surface area contributed by atoms with Gasteiger partial charge in [0.1, 0.15) is 5.82 Å². The summed E-state index contributed by atoms with van der Waals surface area (Å²) in [4.78, 5) is 4.20. The molecule has 1 aliphatic rings. The lowest BCUT2D eigenvalue weighted by Crippen LogP contribution is -2.16. The lowest BCUT2D eigenvalue weighted by atomic mass is 10.1. The Kier molecular flexibility index (Phi) is 2.83. The third kappa shape index (κ3) is 2.26. The van der Waals surface area contributed by atoms with Crippen molar-refractivity contribution in [1.29, 1.82) is 0 Å². The summed E-state index contributed by atoms with van der Waals surface area (Å²) in [6.07, 6.45) is 2.41. The average molecular weight is 247 g/mol. The molecular weight excluding hydrogens is 233 g/mol. The van der Waals surface area contributed by atoms with Gasteiger partial charge in [-0.2, -0.15) is 4.98 Å². The van der Waals surface area contributed by atoms with Gasteiger partial charge in [0.25, 0.3) is 5.89 Å². The van der Waals surface area contributed by atoms with Crippen molar-refractivity contribution in [1.82, 2.24) is 15.5 Å². The van der Waals surface area contributed by atoms with Gasteiger partial charge in [-0.05, 0) is 31.4 Å². The third-order valence-electron chi connectivity index (χ3n) is 3.02. The molecule has 1 N–H and O–H groups in total. The highest BCUT2D eigenvalue weighted by atomic mass is 19.1. The summed E-state index contributed by atoms with van der Waals surface area (Å²) in [7, 11) is 0. The van der Waals surface area contributed by atoms with Crippen molar-refractivity contribution in [3.8, 4) is 11.5 Å². The van der Waals surface area contributed by atoms with Gasteiger partial charge in [-0.1, -0.05) is 17.3 Å². The van der Waals surface area contributed by atoms with Crippen LogP contribution in [0.25, 0.3) is 11.5 Å². The van der Waals surface area contributed by atoms with Crippen molar-refractivity contribution >= 4 is 0 Å². The first-order valence-corrected chi connectivity index (χ1v) is 6.05. The van der Waals surface area contributed by atoms with Gasteiger partial charge in [-0.25, -0.2) is 4.39 Å². The van der Waals surface area contributed by atoms with Crippen molar-refractivity contribution < 1.29 is 8.91 Å². The van der Waals surface area contributed by atoms with E-state index in [1.807, 2.05) is 0 Å². The van der Waals surface area contributed by atoms with E-state index in [0.717, 1.165) is 0 Å². The van der Waals surface area contributed by atoms with Gasteiger partial charge in [0, 0.05) is 6.04 Å². The van der Waals surface area contributed by atoms with Crippen LogP contribution < -0.4 is 5.32 Å². The molecule has 0 saturated heterocycles. The Morgan fingerprint density at radius 2 is 2.28 bits per heavy atom. The number of nitrogens with one attached hydrogen (secondary N) is 1. The smallest absolute Gasteiger partial charge is 0.260 e. The largest absolute Gasteiger partial charge is 0.334 e. The number of hydrogen-bond acceptors (Lipinski definition) is 4. The monoisotopic (exact) mass is 247 g/mol. The second kappa shape index (κ2) is 4.49. The molecule has 1 aromatic heterocycles. The van der Waals surface area contributed by atoms with Gasteiger partial charge in [0.05, 0.1) is 12.1 Å². The zero-order chi connectivity index (χ0) is 12.5. The molecule has 0 spiro atoms. The molecule has 0 atom stereocenters. The van der Waals surface area contributed by atoms with E-state index in [0.29, 0.717) is 29.5 Å². The fraction of sp³-hybridized carbons (Fsp3) is 0.385. The maximum Gasteiger partial charge on any atom is 0.260 e. The van der Waals surface area contributed by atoms with E-state index in [1.54, 1.807) is 25.1 Å². The highest BCUT2D eigenvalue weighted by molar-refractivity contribution is 5.55. The Hall–Kier alpha value is -1.75. The van der Waals surface area contributed by atoms with Crippen LogP contribution in [0.2, 0.25) is 0 Å². The highest BCUT2D eigenvalue weighted by Crippen LogP contribution is 2.23. The molecule has 3 rings (SSSR count). The quantitative estimate of drug-likeness (QED) is 0.901. The van der Waals surface area contributed by atoms with Gasteiger partial charge in [0.15, 0.2) is 5.82 Å². The van der Waals surface area contributed by atoms with E-state index in [2.05, 4.69) is 15.5 Å². The number of halogens is 1. The summed E-state index contributed by atoms with van der Waals surface area (Å²) in [5.41, 5.74) is 0.934. The molecule has 0 bridgehead atoms. The Bertz CT molecular complexity index is 563. The molecule has 18 heavy (non-hydrogen) atoms. The molecule has 94 valence electrons. The number of rotatable bonds is 4. The predicted octanol–water partition coefficient (Wildman–Crippen LogP) is 2.44. The van der Waals surface area contributed by atoms with Crippen LogP contribution in [0.4, 0.5) is 4.39 Å². The SMILES string of the molecule is Cc1cccc(-c2nc(CNC3CC3)no2)c1F. The number of benzene rings is 1. The van der Waals surface area contributed by atoms with E-state index in [-0.39, 0.29) is 11.7 Å². The number of aryl methyl sites for hydroxylation is 1. The Labute approximate surface area is 104 Å². The minimum absolute atomic E-state index is 0.240. The fourth-order valence-electron chi connectivity index (χ4n) is 1.77. The summed E-state index contributed by atoms with van der Waals surface area (Å²) in [6, 6.07) is 5.72.